The Bertz CT molecular complexity index is 404. The summed E-state index contributed by atoms with van der Waals surface area (Å²) in [4.78, 5) is 0. The molecule has 0 radical (unpaired) electrons. The van der Waals surface area contributed by atoms with Gasteiger partial charge >= 0.3 is 0 Å². The van der Waals surface area contributed by atoms with Crippen LogP contribution in [-0.2, 0) is 0 Å². The van der Waals surface area contributed by atoms with Gasteiger partial charge in [-0.15, -0.1) is 0 Å². The summed E-state index contributed by atoms with van der Waals surface area (Å²) in [6, 6.07) is 8.60. The summed E-state index contributed by atoms with van der Waals surface area (Å²) in [5, 5.41) is 3.54. The fraction of sp³-hybridized carbons (Fsp3) is 0.625. The number of hydrogen-bond acceptors (Lipinski definition) is 3. The van der Waals surface area contributed by atoms with E-state index in [0.717, 1.165) is 18.6 Å². The summed E-state index contributed by atoms with van der Waals surface area (Å²) in [5.74, 6) is 1.31. The van der Waals surface area contributed by atoms with Gasteiger partial charge in [0.2, 0.25) is 0 Å². The Morgan fingerprint density at radius 1 is 1.32 bits per heavy atom. The molecule has 0 amide bonds. The predicted molar refractivity (Wildman–Crippen MR) is 79.6 cm³/mol. The zero-order chi connectivity index (χ0) is 13.9. The maximum atomic E-state index is 6.43. The first-order valence-corrected chi connectivity index (χ1v) is 7.22. The summed E-state index contributed by atoms with van der Waals surface area (Å²) in [6.45, 7) is 2.28. The highest BCUT2D eigenvalue weighted by Crippen LogP contribution is 2.39. The van der Waals surface area contributed by atoms with Crippen molar-refractivity contribution in [1.29, 1.82) is 0 Å². The number of methoxy groups -OCH3 is 1. The highest BCUT2D eigenvalue weighted by Gasteiger charge is 2.42. The Hall–Kier alpha value is -1.06. The summed E-state index contributed by atoms with van der Waals surface area (Å²) >= 11 is 0. The van der Waals surface area contributed by atoms with Crippen molar-refractivity contribution in [2.45, 2.75) is 50.1 Å². The number of ether oxygens (including phenoxy) is 1. The molecule has 3 nitrogen and oxygen atoms in total. The van der Waals surface area contributed by atoms with Gasteiger partial charge in [0, 0.05) is 17.5 Å². The predicted octanol–water partition coefficient (Wildman–Crippen LogP) is 2.66. The van der Waals surface area contributed by atoms with Crippen molar-refractivity contribution in [1.82, 2.24) is 5.32 Å². The van der Waals surface area contributed by atoms with Gasteiger partial charge in [-0.05, 0) is 37.6 Å². The summed E-state index contributed by atoms with van der Waals surface area (Å²) < 4.78 is 5.23. The van der Waals surface area contributed by atoms with Crippen molar-refractivity contribution in [2.75, 3.05) is 14.2 Å². The third-order valence-electron chi connectivity index (χ3n) is 4.87. The first-order chi connectivity index (χ1) is 9.14. The first kappa shape index (κ1) is 14.4. The van der Waals surface area contributed by atoms with Crippen molar-refractivity contribution in [3.8, 4) is 5.75 Å². The second-order valence-electron chi connectivity index (χ2n) is 5.64. The molecular weight excluding hydrogens is 236 g/mol. The van der Waals surface area contributed by atoms with Gasteiger partial charge in [0.15, 0.2) is 0 Å². The van der Waals surface area contributed by atoms with E-state index in [1.807, 2.05) is 19.2 Å². The van der Waals surface area contributed by atoms with Gasteiger partial charge < -0.3 is 15.8 Å². The minimum absolute atomic E-state index is 0.0207. The van der Waals surface area contributed by atoms with Crippen LogP contribution in [0.2, 0.25) is 0 Å². The third kappa shape index (κ3) is 2.63. The molecule has 0 heterocycles. The molecule has 1 aromatic rings. The molecule has 3 heteroatoms. The molecule has 3 N–H and O–H groups in total. The molecule has 1 fully saturated rings. The molecule has 19 heavy (non-hydrogen) atoms. The fourth-order valence-corrected chi connectivity index (χ4v) is 3.48. The molecule has 1 saturated carbocycles. The zero-order valence-corrected chi connectivity index (χ0v) is 12.3. The van der Waals surface area contributed by atoms with Gasteiger partial charge in [-0.1, -0.05) is 31.9 Å². The van der Waals surface area contributed by atoms with Crippen LogP contribution in [0.1, 0.15) is 44.1 Å². The lowest BCUT2D eigenvalue weighted by atomic mass is 9.68. The van der Waals surface area contributed by atoms with Crippen molar-refractivity contribution < 1.29 is 4.74 Å². The lowest BCUT2D eigenvalue weighted by Gasteiger charge is -2.47. The van der Waals surface area contributed by atoms with Crippen LogP contribution < -0.4 is 15.8 Å². The molecule has 2 unspecified atom stereocenters. The number of rotatable bonds is 4. The van der Waals surface area contributed by atoms with Gasteiger partial charge in [-0.3, -0.25) is 0 Å². The first-order valence-electron chi connectivity index (χ1n) is 7.22. The van der Waals surface area contributed by atoms with E-state index >= 15 is 0 Å². The average Bonchev–Trinajstić information content (AvgIpc) is 2.47. The summed E-state index contributed by atoms with van der Waals surface area (Å²) in [7, 11) is 3.75. The Balaban J connectivity index is 2.26. The molecule has 2 rings (SSSR count). The van der Waals surface area contributed by atoms with Crippen LogP contribution in [0.5, 0.6) is 5.75 Å². The minimum Gasteiger partial charge on any atom is -0.497 e. The van der Waals surface area contributed by atoms with Crippen molar-refractivity contribution in [3.05, 3.63) is 29.8 Å². The highest BCUT2D eigenvalue weighted by molar-refractivity contribution is 5.32. The number of likely N-dealkylation sites (N-methyl/N-ethyl adjacent to an activating group) is 1. The largest absolute Gasteiger partial charge is 0.497 e. The Morgan fingerprint density at radius 3 is 2.53 bits per heavy atom. The van der Waals surface area contributed by atoms with E-state index in [2.05, 4.69) is 24.4 Å². The Labute approximate surface area is 116 Å². The second-order valence-corrected chi connectivity index (χ2v) is 5.64. The smallest absolute Gasteiger partial charge is 0.118 e. The zero-order valence-electron chi connectivity index (χ0n) is 12.3. The minimum atomic E-state index is 0.0207. The van der Waals surface area contributed by atoms with E-state index in [4.69, 9.17) is 10.5 Å². The standard InChI is InChI=1S/C16H26N2O/c1-12(13-7-9-14(19-3)10-8-13)16(18-2)11-5-4-6-15(16)17/h7-10,12,15,18H,4-6,11,17H2,1-3H3/t12-,15?,16?/m1/s1. The maximum absolute atomic E-state index is 6.43. The molecule has 1 aliphatic carbocycles. The van der Waals surface area contributed by atoms with Crippen molar-refractivity contribution in [3.63, 3.8) is 0 Å². The molecule has 0 saturated heterocycles. The van der Waals surface area contributed by atoms with Gasteiger partial charge in [-0.2, -0.15) is 0 Å². The number of hydrogen-bond donors (Lipinski definition) is 2. The Kier molecular flexibility index (Phi) is 4.48. The van der Waals surface area contributed by atoms with Gasteiger partial charge in [-0.25, -0.2) is 0 Å². The molecule has 0 aromatic heterocycles. The molecule has 0 aliphatic heterocycles. The summed E-state index contributed by atoms with van der Waals surface area (Å²) in [5.41, 5.74) is 7.78. The topological polar surface area (TPSA) is 47.3 Å². The number of nitrogens with one attached hydrogen (secondary N) is 1. The van der Waals surface area contributed by atoms with E-state index in [1.54, 1.807) is 7.11 Å². The van der Waals surface area contributed by atoms with Gasteiger partial charge in [0.25, 0.3) is 0 Å². The number of benzene rings is 1. The number of nitrogens with two attached hydrogens (primary N) is 1. The third-order valence-corrected chi connectivity index (χ3v) is 4.87. The van der Waals surface area contributed by atoms with E-state index < -0.39 is 0 Å². The lowest BCUT2D eigenvalue weighted by Crippen LogP contribution is -2.61. The van der Waals surface area contributed by atoms with Crippen LogP contribution >= 0.6 is 0 Å². The van der Waals surface area contributed by atoms with Gasteiger partial charge in [0.1, 0.15) is 5.75 Å². The molecular formula is C16H26N2O. The molecule has 1 aromatic carbocycles. The SMILES string of the molecule is CNC1([C@H](C)c2ccc(OC)cc2)CCCCC1N. The molecule has 0 spiro atoms. The average molecular weight is 262 g/mol. The Morgan fingerprint density at radius 2 is 2.00 bits per heavy atom. The normalized spacial score (nSPS) is 28.9. The van der Waals surface area contributed by atoms with Crippen molar-refractivity contribution in [2.24, 2.45) is 5.73 Å². The van der Waals surface area contributed by atoms with Crippen molar-refractivity contribution >= 4 is 0 Å². The summed E-state index contributed by atoms with van der Waals surface area (Å²) in [6.07, 6.45) is 4.77. The fourth-order valence-electron chi connectivity index (χ4n) is 3.48. The van der Waals surface area contributed by atoms with Crippen LogP contribution in [0, 0.1) is 0 Å². The van der Waals surface area contributed by atoms with E-state index in [9.17, 15) is 0 Å². The van der Waals surface area contributed by atoms with Crippen LogP contribution in [-0.4, -0.2) is 25.7 Å². The van der Waals surface area contributed by atoms with Crippen LogP contribution in [0.25, 0.3) is 0 Å². The second kappa shape index (κ2) is 5.93. The van der Waals surface area contributed by atoms with Crippen LogP contribution in [0.4, 0.5) is 0 Å². The maximum Gasteiger partial charge on any atom is 0.118 e. The molecule has 106 valence electrons. The van der Waals surface area contributed by atoms with Crippen LogP contribution in [0.15, 0.2) is 24.3 Å². The molecule has 3 atom stereocenters. The lowest BCUT2D eigenvalue weighted by molar-refractivity contribution is 0.176. The van der Waals surface area contributed by atoms with Crippen LogP contribution in [0.3, 0.4) is 0 Å². The molecule has 0 bridgehead atoms. The monoisotopic (exact) mass is 262 g/mol. The van der Waals surface area contributed by atoms with Gasteiger partial charge in [0.05, 0.1) is 7.11 Å². The van der Waals surface area contributed by atoms with E-state index in [0.29, 0.717) is 5.92 Å². The van der Waals surface area contributed by atoms with E-state index in [-0.39, 0.29) is 11.6 Å². The molecule has 1 aliphatic rings. The van der Waals surface area contributed by atoms with E-state index in [1.165, 1.54) is 18.4 Å². The quantitative estimate of drug-likeness (QED) is 0.877. The highest BCUT2D eigenvalue weighted by atomic mass is 16.5.